The fraction of sp³-hybridized carbons (Fsp3) is 0.136. The number of halogens is 3. The zero-order chi connectivity index (χ0) is 20.8. The average Bonchev–Trinajstić information content (AvgIpc) is 3.31. The molecule has 1 aliphatic heterocycles. The Morgan fingerprint density at radius 2 is 1.83 bits per heavy atom. The van der Waals surface area contributed by atoms with Gasteiger partial charge in [-0.05, 0) is 42.0 Å². The molecule has 0 fully saturated rings. The van der Waals surface area contributed by atoms with Crippen LogP contribution in [0, 0.1) is 11.6 Å². The lowest BCUT2D eigenvalue weighted by atomic mass is 10.0. The average molecular weight is 469 g/mol. The first-order valence-corrected chi connectivity index (χ1v) is 10.4. The van der Waals surface area contributed by atoms with Crippen molar-refractivity contribution in [1.29, 1.82) is 0 Å². The van der Waals surface area contributed by atoms with E-state index in [2.05, 4.69) is 26.0 Å². The van der Waals surface area contributed by atoms with Crippen LogP contribution in [0.2, 0.25) is 0 Å². The number of fused-ring (bicyclic) bond motifs is 2. The molecule has 0 bridgehead atoms. The Bertz CT molecular complexity index is 1280. The molecule has 3 aromatic heterocycles. The van der Waals surface area contributed by atoms with Crippen molar-refractivity contribution in [1.82, 2.24) is 19.5 Å². The van der Waals surface area contributed by atoms with E-state index in [1.54, 1.807) is 41.2 Å². The quantitative estimate of drug-likeness (QED) is 0.407. The standard InChI is InChI=1S/C22H15BrF2N4O/c23-10-14-9-21-15(4-2-6-29(21)27-14)13-7-18(24)17(19(25)8-13)11-28-12-20-16(22(28)30)3-1-5-26-20/h1-9H,10-12H2. The second kappa shape index (κ2) is 7.28. The molecule has 0 saturated heterocycles. The van der Waals surface area contributed by atoms with Gasteiger partial charge in [-0.1, -0.05) is 22.0 Å². The summed E-state index contributed by atoms with van der Waals surface area (Å²) in [6.07, 6.45) is 3.39. The van der Waals surface area contributed by atoms with E-state index < -0.39 is 11.6 Å². The summed E-state index contributed by atoms with van der Waals surface area (Å²) in [4.78, 5) is 18.1. The third kappa shape index (κ3) is 3.08. The van der Waals surface area contributed by atoms with E-state index in [9.17, 15) is 13.6 Å². The molecular weight excluding hydrogens is 454 g/mol. The van der Waals surface area contributed by atoms with Crippen LogP contribution < -0.4 is 0 Å². The number of carbonyl (C=O) groups is 1. The molecule has 1 aromatic carbocycles. The van der Waals surface area contributed by atoms with Crippen LogP contribution in [0.3, 0.4) is 0 Å². The minimum atomic E-state index is -0.691. The highest BCUT2D eigenvalue weighted by atomic mass is 79.9. The number of aromatic nitrogens is 3. The number of pyridine rings is 2. The lowest BCUT2D eigenvalue weighted by Gasteiger charge is -2.17. The van der Waals surface area contributed by atoms with Crippen LogP contribution in [0.25, 0.3) is 16.6 Å². The van der Waals surface area contributed by atoms with E-state index in [1.807, 2.05) is 6.07 Å². The number of nitrogens with zero attached hydrogens (tertiary/aromatic N) is 4. The molecule has 5 nitrogen and oxygen atoms in total. The lowest BCUT2D eigenvalue weighted by Crippen LogP contribution is -2.24. The Morgan fingerprint density at radius 3 is 2.57 bits per heavy atom. The maximum atomic E-state index is 15.0. The molecule has 1 amide bonds. The number of hydrogen-bond donors (Lipinski definition) is 0. The normalized spacial score (nSPS) is 13.3. The Labute approximate surface area is 179 Å². The minimum Gasteiger partial charge on any atom is -0.328 e. The van der Waals surface area contributed by atoms with Gasteiger partial charge in [0.2, 0.25) is 0 Å². The summed E-state index contributed by atoms with van der Waals surface area (Å²) in [5.74, 6) is -1.65. The van der Waals surface area contributed by atoms with Crippen molar-refractivity contribution in [2.24, 2.45) is 0 Å². The van der Waals surface area contributed by atoms with Crippen LogP contribution in [0.5, 0.6) is 0 Å². The number of hydrogen-bond acceptors (Lipinski definition) is 3. The van der Waals surface area contributed by atoms with Crippen molar-refractivity contribution in [2.75, 3.05) is 0 Å². The van der Waals surface area contributed by atoms with Crippen molar-refractivity contribution in [3.05, 3.63) is 89.0 Å². The van der Waals surface area contributed by atoms with Crippen molar-refractivity contribution >= 4 is 27.4 Å². The van der Waals surface area contributed by atoms with Crippen molar-refractivity contribution in [2.45, 2.75) is 18.4 Å². The zero-order valence-electron chi connectivity index (χ0n) is 15.6. The summed E-state index contributed by atoms with van der Waals surface area (Å²) in [5, 5.41) is 4.99. The summed E-state index contributed by atoms with van der Waals surface area (Å²) in [5.41, 5.74) is 3.63. The number of amides is 1. The van der Waals surface area contributed by atoms with Crippen molar-refractivity contribution in [3.8, 4) is 11.1 Å². The molecule has 0 atom stereocenters. The number of carbonyl (C=O) groups excluding carboxylic acids is 1. The smallest absolute Gasteiger partial charge is 0.256 e. The maximum Gasteiger partial charge on any atom is 0.256 e. The van der Waals surface area contributed by atoms with Gasteiger partial charge in [-0.15, -0.1) is 0 Å². The van der Waals surface area contributed by atoms with E-state index in [4.69, 9.17) is 0 Å². The van der Waals surface area contributed by atoms with Gasteiger partial charge in [-0.25, -0.2) is 13.3 Å². The first-order chi connectivity index (χ1) is 14.5. The molecule has 0 aliphatic carbocycles. The van der Waals surface area contributed by atoms with E-state index in [-0.39, 0.29) is 24.6 Å². The summed E-state index contributed by atoms with van der Waals surface area (Å²) in [6.45, 7) is 0.0812. The largest absolute Gasteiger partial charge is 0.328 e. The topological polar surface area (TPSA) is 50.5 Å². The van der Waals surface area contributed by atoms with E-state index in [1.165, 1.54) is 17.0 Å². The molecule has 150 valence electrons. The van der Waals surface area contributed by atoms with Crippen LogP contribution in [-0.2, 0) is 18.4 Å². The van der Waals surface area contributed by atoms with Crippen LogP contribution in [0.4, 0.5) is 8.78 Å². The monoisotopic (exact) mass is 468 g/mol. The van der Waals surface area contributed by atoms with Gasteiger partial charge >= 0.3 is 0 Å². The molecule has 0 spiro atoms. The Kier molecular flexibility index (Phi) is 4.58. The third-order valence-electron chi connectivity index (χ3n) is 5.24. The number of benzene rings is 1. The number of rotatable bonds is 4. The number of alkyl halides is 1. The van der Waals surface area contributed by atoms with Gasteiger partial charge in [0.1, 0.15) is 11.6 Å². The molecule has 4 heterocycles. The lowest BCUT2D eigenvalue weighted by molar-refractivity contribution is 0.0763. The van der Waals surface area contributed by atoms with Gasteiger partial charge in [0.25, 0.3) is 5.91 Å². The molecule has 0 saturated carbocycles. The van der Waals surface area contributed by atoms with Gasteiger partial charge in [-0.3, -0.25) is 9.78 Å². The first kappa shape index (κ1) is 18.9. The van der Waals surface area contributed by atoms with Crippen molar-refractivity contribution in [3.63, 3.8) is 0 Å². The Balaban J connectivity index is 1.50. The van der Waals surface area contributed by atoms with Crippen LogP contribution in [-0.4, -0.2) is 25.4 Å². The van der Waals surface area contributed by atoms with Gasteiger partial charge in [-0.2, -0.15) is 5.10 Å². The maximum absolute atomic E-state index is 15.0. The summed E-state index contributed by atoms with van der Waals surface area (Å²) >= 11 is 3.37. The summed E-state index contributed by atoms with van der Waals surface area (Å²) in [6, 6.07) is 11.4. The third-order valence-corrected chi connectivity index (χ3v) is 5.81. The molecule has 30 heavy (non-hydrogen) atoms. The molecule has 0 N–H and O–H groups in total. The first-order valence-electron chi connectivity index (χ1n) is 9.30. The predicted molar refractivity (Wildman–Crippen MR) is 111 cm³/mol. The molecule has 1 aliphatic rings. The minimum absolute atomic E-state index is 0.137. The van der Waals surface area contributed by atoms with E-state index in [0.717, 1.165) is 11.2 Å². The fourth-order valence-electron chi connectivity index (χ4n) is 3.79. The molecule has 0 unspecified atom stereocenters. The molecular formula is C22H15BrF2N4O. The zero-order valence-corrected chi connectivity index (χ0v) is 17.2. The van der Waals surface area contributed by atoms with Crippen LogP contribution in [0.15, 0.2) is 54.9 Å². The van der Waals surface area contributed by atoms with E-state index >= 15 is 0 Å². The van der Waals surface area contributed by atoms with Gasteiger partial charge in [0.15, 0.2) is 0 Å². The molecule has 4 aromatic rings. The Morgan fingerprint density at radius 1 is 1.07 bits per heavy atom. The molecule has 5 rings (SSSR count). The van der Waals surface area contributed by atoms with E-state index in [0.29, 0.717) is 27.7 Å². The predicted octanol–water partition coefficient (Wildman–Crippen LogP) is 4.73. The molecule has 0 radical (unpaired) electrons. The summed E-state index contributed by atoms with van der Waals surface area (Å²) < 4.78 is 31.6. The highest BCUT2D eigenvalue weighted by molar-refractivity contribution is 9.08. The van der Waals surface area contributed by atoms with Crippen LogP contribution in [0.1, 0.15) is 27.3 Å². The SMILES string of the molecule is O=C1c2cccnc2CN1Cc1c(F)cc(-c2cccn3nc(CBr)cc23)cc1F. The van der Waals surface area contributed by atoms with Gasteiger partial charge in [0, 0.05) is 28.9 Å². The summed E-state index contributed by atoms with van der Waals surface area (Å²) in [7, 11) is 0. The molecule has 8 heteroatoms. The fourth-order valence-corrected chi connectivity index (χ4v) is 4.06. The van der Waals surface area contributed by atoms with Gasteiger partial charge in [0.05, 0.1) is 35.6 Å². The Hall–Kier alpha value is -3.13. The van der Waals surface area contributed by atoms with Crippen LogP contribution >= 0.6 is 15.9 Å². The highest BCUT2D eigenvalue weighted by Crippen LogP contribution is 2.30. The second-order valence-electron chi connectivity index (χ2n) is 7.10. The van der Waals surface area contributed by atoms with Crippen molar-refractivity contribution < 1.29 is 13.6 Å². The second-order valence-corrected chi connectivity index (χ2v) is 7.66. The van der Waals surface area contributed by atoms with Gasteiger partial charge < -0.3 is 4.90 Å². The highest BCUT2D eigenvalue weighted by Gasteiger charge is 2.29.